The zero-order chi connectivity index (χ0) is 18.7. The quantitative estimate of drug-likeness (QED) is 0.631. The number of H-pyrrole nitrogens is 1. The second-order valence-corrected chi connectivity index (χ2v) is 6.17. The minimum atomic E-state index is -4.36. The molecule has 6 heteroatoms. The van der Waals surface area contributed by atoms with Gasteiger partial charge in [-0.15, -0.1) is 0 Å². The fourth-order valence-corrected chi connectivity index (χ4v) is 3.10. The summed E-state index contributed by atoms with van der Waals surface area (Å²) in [5.74, 6) is 0. The Morgan fingerprint density at radius 3 is 2.38 bits per heavy atom. The van der Waals surface area contributed by atoms with Crippen LogP contribution in [0.15, 0.2) is 42.5 Å². The first kappa shape index (κ1) is 18.0. The Balaban J connectivity index is 2.09. The summed E-state index contributed by atoms with van der Waals surface area (Å²) in [5.41, 5.74) is 8.80. The van der Waals surface area contributed by atoms with Gasteiger partial charge in [0.15, 0.2) is 0 Å². The largest absolute Gasteiger partial charge is 0.416 e. The molecular formula is C20H18F3N3. The number of hydrogen-bond acceptors (Lipinski definition) is 2. The van der Waals surface area contributed by atoms with Crippen LogP contribution in [-0.4, -0.2) is 11.5 Å². The fourth-order valence-electron chi connectivity index (χ4n) is 3.10. The first-order valence-corrected chi connectivity index (χ1v) is 8.36. The number of benzene rings is 2. The monoisotopic (exact) mass is 357 g/mol. The van der Waals surface area contributed by atoms with Gasteiger partial charge in [0.1, 0.15) is 0 Å². The maximum absolute atomic E-state index is 12.8. The zero-order valence-electron chi connectivity index (χ0n) is 14.0. The van der Waals surface area contributed by atoms with Crippen molar-refractivity contribution < 1.29 is 13.2 Å². The first-order valence-electron chi connectivity index (χ1n) is 8.36. The van der Waals surface area contributed by atoms with Gasteiger partial charge in [0, 0.05) is 16.6 Å². The lowest BCUT2D eigenvalue weighted by Gasteiger charge is -2.09. The van der Waals surface area contributed by atoms with Crippen LogP contribution >= 0.6 is 0 Å². The van der Waals surface area contributed by atoms with Crippen molar-refractivity contribution in [3.8, 4) is 17.3 Å². The van der Waals surface area contributed by atoms with Gasteiger partial charge >= 0.3 is 6.18 Å². The number of nitrogens with zero attached hydrogens (tertiary/aromatic N) is 1. The van der Waals surface area contributed by atoms with Gasteiger partial charge < -0.3 is 10.7 Å². The summed E-state index contributed by atoms with van der Waals surface area (Å²) in [7, 11) is 0. The summed E-state index contributed by atoms with van der Waals surface area (Å²) in [5, 5.41) is 10.1. The third-order valence-corrected chi connectivity index (χ3v) is 4.42. The van der Waals surface area contributed by atoms with Gasteiger partial charge in [-0.2, -0.15) is 18.4 Å². The molecule has 0 spiro atoms. The van der Waals surface area contributed by atoms with Crippen LogP contribution < -0.4 is 5.73 Å². The van der Waals surface area contributed by atoms with Crippen molar-refractivity contribution >= 4 is 10.9 Å². The van der Waals surface area contributed by atoms with E-state index in [4.69, 9.17) is 11.0 Å². The molecule has 26 heavy (non-hydrogen) atoms. The molecule has 3 aromatic rings. The van der Waals surface area contributed by atoms with E-state index in [9.17, 15) is 13.2 Å². The fraction of sp³-hybridized carbons (Fsp3) is 0.250. The van der Waals surface area contributed by atoms with Crippen molar-refractivity contribution in [1.29, 1.82) is 5.26 Å². The van der Waals surface area contributed by atoms with Crippen molar-refractivity contribution in [2.24, 2.45) is 5.73 Å². The second kappa shape index (κ2) is 7.22. The summed E-state index contributed by atoms with van der Waals surface area (Å²) in [4.78, 5) is 3.29. The lowest BCUT2D eigenvalue weighted by atomic mass is 9.99. The zero-order valence-corrected chi connectivity index (χ0v) is 14.0. The Morgan fingerprint density at radius 2 is 1.77 bits per heavy atom. The number of aryl methyl sites for hydroxylation is 1. The van der Waals surface area contributed by atoms with Crippen LogP contribution in [0.3, 0.4) is 0 Å². The third-order valence-electron chi connectivity index (χ3n) is 4.42. The number of nitriles is 1. The molecule has 0 aliphatic heterocycles. The number of fused-ring (bicyclic) bond motifs is 1. The lowest BCUT2D eigenvalue weighted by Crippen LogP contribution is -2.04. The Labute approximate surface area is 149 Å². The maximum Gasteiger partial charge on any atom is 0.416 e. The number of aromatic amines is 1. The number of nitrogens with two attached hydrogens (primary N) is 1. The lowest BCUT2D eigenvalue weighted by molar-refractivity contribution is -0.137. The van der Waals surface area contributed by atoms with Crippen LogP contribution in [0.5, 0.6) is 0 Å². The van der Waals surface area contributed by atoms with E-state index in [1.807, 2.05) is 12.1 Å². The standard InChI is InChI=1S/C20H18F3N3/c21-20(22,23)15-7-5-14(6-8-15)19-16(3-1-2-10-24)17-11-13(12-25)4-9-18(17)26-19/h4-9,11,26H,1-3,10,24H2. The van der Waals surface area contributed by atoms with E-state index in [0.717, 1.165) is 53.6 Å². The summed E-state index contributed by atoms with van der Waals surface area (Å²) in [6.45, 7) is 0.585. The molecule has 1 aromatic heterocycles. The Morgan fingerprint density at radius 1 is 1.04 bits per heavy atom. The molecule has 2 aromatic carbocycles. The highest BCUT2D eigenvalue weighted by Gasteiger charge is 2.30. The number of alkyl halides is 3. The van der Waals surface area contributed by atoms with Crippen LogP contribution in [0.1, 0.15) is 29.5 Å². The Hall–Kier alpha value is -2.78. The molecule has 3 rings (SSSR count). The molecule has 3 N–H and O–H groups in total. The molecule has 0 atom stereocenters. The van der Waals surface area contributed by atoms with E-state index in [1.165, 1.54) is 12.1 Å². The first-order chi connectivity index (χ1) is 12.4. The van der Waals surface area contributed by atoms with Gasteiger partial charge in [-0.25, -0.2) is 0 Å². The molecule has 134 valence electrons. The van der Waals surface area contributed by atoms with Crippen molar-refractivity contribution in [3.63, 3.8) is 0 Å². The smallest absolute Gasteiger partial charge is 0.354 e. The average molecular weight is 357 g/mol. The molecule has 0 bridgehead atoms. The van der Waals surface area contributed by atoms with E-state index in [2.05, 4.69) is 11.1 Å². The van der Waals surface area contributed by atoms with Gasteiger partial charge in [0.25, 0.3) is 0 Å². The second-order valence-electron chi connectivity index (χ2n) is 6.17. The van der Waals surface area contributed by atoms with E-state index in [0.29, 0.717) is 17.7 Å². The van der Waals surface area contributed by atoms with Crippen LogP contribution in [0, 0.1) is 11.3 Å². The Bertz CT molecular complexity index is 947. The normalized spacial score (nSPS) is 11.7. The highest BCUT2D eigenvalue weighted by molar-refractivity contribution is 5.91. The summed E-state index contributed by atoms with van der Waals surface area (Å²) in [6, 6.07) is 12.6. The maximum atomic E-state index is 12.8. The van der Waals surface area contributed by atoms with Gasteiger partial charge in [-0.05, 0) is 67.3 Å². The molecule has 0 radical (unpaired) electrons. The molecule has 0 fully saturated rings. The van der Waals surface area contributed by atoms with Gasteiger partial charge in [-0.1, -0.05) is 12.1 Å². The van der Waals surface area contributed by atoms with Gasteiger partial charge in [0.05, 0.1) is 17.2 Å². The molecule has 0 aliphatic rings. The predicted octanol–water partition coefficient (Wildman–Crippen LogP) is 5.01. The molecule has 3 nitrogen and oxygen atoms in total. The van der Waals surface area contributed by atoms with Crippen molar-refractivity contribution in [2.75, 3.05) is 6.54 Å². The minimum absolute atomic E-state index is 0.551. The van der Waals surface area contributed by atoms with E-state index >= 15 is 0 Å². The highest BCUT2D eigenvalue weighted by atomic mass is 19.4. The van der Waals surface area contributed by atoms with Crippen LogP contribution in [-0.2, 0) is 12.6 Å². The molecule has 0 aliphatic carbocycles. The van der Waals surface area contributed by atoms with E-state index in [1.54, 1.807) is 6.07 Å². The van der Waals surface area contributed by atoms with Crippen LogP contribution in [0.2, 0.25) is 0 Å². The van der Waals surface area contributed by atoms with E-state index in [-0.39, 0.29) is 0 Å². The molecular weight excluding hydrogens is 339 g/mol. The number of halogens is 3. The van der Waals surface area contributed by atoms with E-state index < -0.39 is 11.7 Å². The number of hydrogen-bond donors (Lipinski definition) is 2. The van der Waals surface area contributed by atoms with Crippen LogP contribution in [0.4, 0.5) is 13.2 Å². The molecule has 1 heterocycles. The summed E-state index contributed by atoms with van der Waals surface area (Å²) < 4.78 is 38.4. The number of rotatable bonds is 5. The van der Waals surface area contributed by atoms with Crippen molar-refractivity contribution in [2.45, 2.75) is 25.4 Å². The topological polar surface area (TPSA) is 65.6 Å². The number of aromatic nitrogens is 1. The van der Waals surface area contributed by atoms with Gasteiger partial charge in [0.2, 0.25) is 0 Å². The minimum Gasteiger partial charge on any atom is -0.354 e. The van der Waals surface area contributed by atoms with Crippen LogP contribution in [0.25, 0.3) is 22.2 Å². The third kappa shape index (κ3) is 3.58. The molecule has 0 saturated heterocycles. The molecule has 0 amide bonds. The Kier molecular flexibility index (Phi) is 5.01. The average Bonchev–Trinajstić information content (AvgIpc) is 2.99. The van der Waals surface area contributed by atoms with Crippen molar-refractivity contribution in [1.82, 2.24) is 4.98 Å². The SMILES string of the molecule is N#Cc1ccc2[nH]c(-c3ccc(C(F)(F)F)cc3)c(CCCCN)c2c1. The summed E-state index contributed by atoms with van der Waals surface area (Å²) in [6.07, 6.45) is -1.89. The predicted molar refractivity (Wildman–Crippen MR) is 95.4 cm³/mol. The number of nitrogens with one attached hydrogen (secondary N) is 1. The molecule has 0 unspecified atom stereocenters. The molecule has 0 saturated carbocycles. The van der Waals surface area contributed by atoms with Gasteiger partial charge in [-0.3, -0.25) is 0 Å². The summed E-state index contributed by atoms with van der Waals surface area (Å²) >= 11 is 0. The number of unbranched alkanes of at least 4 members (excludes halogenated alkanes) is 1. The highest BCUT2D eigenvalue weighted by Crippen LogP contribution is 2.35. The van der Waals surface area contributed by atoms with Crippen molar-refractivity contribution in [3.05, 3.63) is 59.2 Å².